The van der Waals surface area contributed by atoms with Crippen LogP contribution in [0.3, 0.4) is 0 Å². The van der Waals surface area contributed by atoms with Crippen molar-refractivity contribution < 1.29 is 9.84 Å². The first kappa shape index (κ1) is 13.8. The first-order chi connectivity index (χ1) is 8.00. The number of ether oxygens (including phenoxy) is 1. The van der Waals surface area contributed by atoms with E-state index in [9.17, 15) is 0 Å². The van der Waals surface area contributed by atoms with E-state index in [0.29, 0.717) is 0 Å². The van der Waals surface area contributed by atoms with Crippen molar-refractivity contribution in [2.75, 3.05) is 32.2 Å². The van der Waals surface area contributed by atoms with E-state index in [1.54, 1.807) is 7.11 Å². The molecule has 0 aliphatic heterocycles. The van der Waals surface area contributed by atoms with E-state index in [0.717, 1.165) is 24.4 Å². The molecule has 1 unspecified atom stereocenters. The third-order valence-electron chi connectivity index (χ3n) is 2.88. The van der Waals surface area contributed by atoms with E-state index >= 15 is 0 Å². The first-order valence-electron chi connectivity index (χ1n) is 5.74. The van der Waals surface area contributed by atoms with Crippen LogP contribution in [0.5, 0.6) is 5.75 Å². The number of rotatable bonds is 6. The second-order valence-electron chi connectivity index (χ2n) is 4.66. The van der Waals surface area contributed by atoms with Crippen LogP contribution in [0.4, 0.5) is 5.69 Å². The number of hydrogen-bond acceptors (Lipinski definition) is 4. The number of aliphatic hydroxyl groups is 1. The van der Waals surface area contributed by atoms with Gasteiger partial charge in [0.2, 0.25) is 0 Å². The van der Waals surface area contributed by atoms with E-state index in [1.165, 1.54) is 0 Å². The fourth-order valence-corrected chi connectivity index (χ4v) is 1.57. The maximum absolute atomic E-state index is 9.11. The largest absolute Gasteiger partial charge is 0.495 e. The van der Waals surface area contributed by atoms with Crippen molar-refractivity contribution in [2.45, 2.75) is 18.9 Å². The van der Waals surface area contributed by atoms with Gasteiger partial charge in [-0.05, 0) is 25.5 Å². The third-order valence-corrected chi connectivity index (χ3v) is 2.88. The lowest BCUT2D eigenvalue weighted by Crippen LogP contribution is -2.43. The highest BCUT2D eigenvalue weighted by atomic mass is 16.5. The molecule has 0 spiro atoms. The molecule has 1 aromatic rings. The smallest absolute Gasteiger partial charge is 0.142 e. The predicted molar refractivity (Wildman–Crippen MR) is 70.6 cm³/mol. The highest BCUT2D eigenvalue weighted by Gasteiger charge is 2.18. The molecule has 0 aromatic heterocycles. The normalized spacial score (nSPS) is 14.2. The Morgan fingerprint density at radius 3 is 2.65 bits per heavy atom. The number of nitrogens with zero attached hydrogens (tertiary/aromatic N) is 1. The van der Waals surface area contributed by atoms with Gasteiger partial charge in [0.05, 0.1) is 19.4 Å². The summed E-state index contributed by atoms with van der Waals surface area (Å²) in [5, 5.41) is 9.11. The summed E-state index contributed by atoms with van der Waals surface area (Å²) >= 11 is 0. The molecule has 17 heavy (non-hydrogen) atoms. The zero-order chi connectivity index (χ0) is 12.9. The average molecular weight is 238 g/mol. The number of benzene rings is 1. The van der Waals surface area contributed by atoms with Crippen LogP contribution in [0.25, 0.3) is 0 Å². The van der Waals surface area contributed by atoms with Gasteiger partial charge in [0.15, 0.2) is 0 Å². The Labute approximate surface area is 103 Å². The molecule has 1 aromatic carbocycles. The molecule has 4 heteroatoms. The predicted octanol–water partition coefficient (Wildman–Crippen LogP) is 1.23. The molecule has 0 fully saturated rings. The molecule has 1 rings (SSSR count). The zero-order valence-corrected chi connectivity index (χ0v) is 10.8. The van der Waals surface area contributed by atoms with Gasteiger partial charge < -0.3 is 20.5 Å². The average Bonchev–Trinajstić information content (AvgIpc) is 2.36. The Morgan fingerprint density at radius 2 is 2.06 bits per heavy atom. The van der Waals surface area contributed by atoms with Crippen molar-refractivity contribution in [3.8, 4) is 5.75 Å². The minimum absolute atomic E-state index is 0.00718. The second kappa shape index (κ2) is 5.89. The Kier molecular flexibility index (Phi) is 4.78. The highest BCUT2D eigenvalue weighted by Crippen LogP contribution is 2.26. The molecular formula is C13H22N2O2. The van der Waals surface area contributed by atoms with E-state index < -0.39 is 5.54 Å². The van der Waals surface area contributed by atoms with Gasteiger partial charge in [-0.15, -0.1) is 0 Å². The van der Waals surface area contributed by atoms with Crippen LogP contribution in [0.1, 0.15) is 13.3 Å². The summed E-state index contributed by atoms with van der Waals surface area (Å²) < 4.78 is 5.30. The molecule has 0 saturated carbocycles. The molecule has 0 aliphatic rings. The van der Waals surface area contributed by atoms with Gasteiger partial charge in [-0.2, -0.15) is 0 Å². The highest BCUT2D eigenvalue weighted by molar-refractivity contribution is 5.57. The summed E-state index contributed by atoms with van der Waals surface area (Å²) in [6, 6.07) is 7.85. The van der Waals surface area contributed by atoms with E-state index in [4.69, 9.17) is 15.6 Å². The van der Waals surface area contributed by atoms with Gasteiger partial charge >= 0.3 is 0 Å². The fourth-order valence-electron chi connectivity index (χ4n) is 1.57. The SMILES string of the molecule is COc1ccccc1N(C)CCC(C)(N)CO. The fraction of sp³-hybridized carbons (Fsp3) is 0.538. The standard InChI is InChI=1S/C13H22N2O2/c1-13(14,10-16)8-9-15(2)11-6-4-5-7-12(11)17-3/h4-7,16H,8-10,14H2,1-3H3. The van der Waals surface area contributed by atoms with Gasteiger partial charge in [0.1, 0.15) is 5.75 Å². The molecule has 3 N–H and O–H groups in total. The Morgan fingerprint density at radius 1 is 1.41 bits per heavy atom. The maximum Gasteiger partial charge on any atom is 0.142 e. The molecule has 0 saturated heterocycles. The van der Waals surface area contributed by atoms with E-state index in [2.05, 4.69) is 4.90 Å². The minimum atomic E-state index is -0.531. The third kappa shape index (κ3) is 3.91. The number of aliphatic hydroxyl groups excluding tert-OH is 1. The van der Waals surface area contributed by atoms with Crippen molar-refractivity contribution in [3.05, 3.63) is 24.3 Å². The summed E-state index contributed by atoms with van der Waals surface area (Å²) in [6.45, 7) is 2.61. The first-order valence-corrected chi connectivity index (χ1v) is 5.74. The summed E-state index contributed by atoms with van der Waals surface area (Å²) in [5.74, 6) is 0.845. The zero-order valence-electron chi connectivity index (χ0n) is 10.8. The van der Waals surface area contributed by atoms with Crippen LogP contribution in [0, 0.1) is 0 Å². The Balaban J connectivity index is 2.67. The number of nitrogens with two attached hydrogens (primary N) is 1. The minimum Gasteiger partial charge on any atom is -0.495 e. The lowest BCUT2D eigenvalue weighted by atomic mass is 10.0. The molecule has 96 valence electrons. The van der Waals surface area contributed by atoms with Crippen LogP contribution in [-0.4, -0.2) is 38.0 Å². The van der Waals surface area contributed by atoms with Crippen LogP contribution >= 0.6 is 0 Å². The van der Waals surface area contributed by atoms with Crippen LogP contribution in [0.15, 0.2) is 24.3 Å². The molecule has 1 atom stereocenters. The van der Waals surface area contributed by atoms with Crippen molar-refractivity contribution >= 4 is 5.69 Å². The van der Waals surface area contributed by atoms with Gasteiger partial charge in [-0.25, -0.2) is 0 Å². The van der Waals surface area contributed by atoms with Crippen molar-refractivity contribution in [1.82, 2.24) is 0 Å². The van der Waals surface area contributed by atoms with Gasteiger partial charge in [0, 0.05) is 19.1 Å². The van der Waals surface area contributed by atoms with Gasteiger partial charge in [0.25, 0.3) is 0 Å². The number of para-hydroxylation sites is 2. The summed E-state index contributed by atoms with van der Waals surface area (Å²) in [7, 11) is 3.65. The molecule has 4 nitrogen and oxygen atoms in total. The number of hydrogen-bond donors (Lipinski definition) is 2. The van der Waals surface area contributed by atoms with Crippen LogP contribution in [-0.2, 0) is 0 Å². The molecule has 0 radical (unpaired) electrons. The van der Waals surface area contributed by atoms with Crippen LogP contribution in [0.2, 0.25) is 0 Å². The maximum atomic E-state index is 9.11. The monoisotopic (exact) mass is 238 g/mol. The molecule has 0 bridgehead atoms. The van der Waals surface area contributed by atoms with Crippen molar-refractivity contribution in [3.63, 3.8) is 0 Å². The molecule has 0 aliphatic carbocycles. The topological polar surface area (TPSA) is 58.7 Å². The van der Waals surface area contributed by atoms with E-state index in [-0.39, 0.29) is 6.61 Å². The van der Waals surface area contributed by atoms with Gasteiger partial charge in [-0.1, -0.05) is 12.1 Å². The molecular weight excluding hydrogens is 216 g/mol. The molecule has 0 amide bonds. The number of methoxy groups -OCH3 is 1. The Hall–Kier alpha value is -1.26. The number of anilines is 1. The second-order valence-corrected chi connectivity index (χ2v) is 4.66. The lowest BCUT2D eigenvalue weighted by Gasteiger charge is -2.27. The van der Waals surface area contributed by atoms with Crippen LogP contribution < -0.4 is 15.4 Å². The summed E-state index contributed by atoms with van der Waals surface area (Å²) in [6.07, 6.45) is 0.720. The Bertz CT molecular complexity index is 353. The van der Waals surface area contributed by atoms with Gasteiger partial charge in [-0.3, -0.25) is 0 Å². The molecule has 0 heterocycles. The summed E-state index contributed by atoms with van der Waals surface area (Å²) in [4.78, 5) is 2.08. The van der Waals surface area contributed by atoms with Crippen molar-refractivity contribution in [1.29, 1.82) is 0 Å². The quantitative estimate of drug-likeness (QED) is 0.782. The van der Waals surface area contributed by atoms with Crippen molar-refractivity contribution in [2.24, 2.45) is 5.73 Å². The summed E-state index contributed by atoms with van der Waals surface area (Å²) in [5.41, 5.74) is 6.40. The lowest BCUT2D eigenvalue weighted by molar-refractivity contribution is 0.202. The van der Waals surface area contributed by atoms with E-state index in [1.807, 2.05) is 38.2 Å².